The van der Waals surface area contributed by atoms with Crippen molar-refractivity contribution in [3.8, 4) is 0 Å². The van der Waals surface area contributed by atoms with Gasteiger partial charge in [-0.05, 0) is 23.9 Å². The Hall–Kier alpha value is -2.55. The van der Waals surface area contributed by atoms with Crippen LogP contribution in [0.4, 0.5) is 0 Å². The van der Waals surface area contributed by atoms with E-state index in [0.29, 0.717) is 30.0 Å². The van der Waals surface area contributed by atoms with Gasteiger partial charge in [-0.2, -0.15) is 0 Å². The summed E-state index contributed by atoms with van der Waals surface area (Å²) in [4.78, 5) is 32.3. The lowest BCUT2D eigenvalue weighted by Crippen LogP contribution is -2.44. The highest BCUT2D eigenvalue weighted by Crippen LogP contribution is 2.22. The molecule has 0 saturated carbocycles. The summed E-state index contributed by atoms with van der Waals surface area (Å²) >= 11 is 1.42. The maximum Gasteiger partial charge on any atom is 0.262 e. The molecule has 1 aliphatic rings. The third-order valence-electron chi connectivity index (χ3n) is 5.21. The van der Waals surface area contributed by atoms with Crippen molar-refractivity contribution < 1.29 is 9.53 Å². The topological polar surface area (TPSA) is 76.5 Å². The van der Waals surface area contributed by atoms with Crippen LogP contribution in [-0.2, 0) is 16.1 Å². The number of ether oxygens (including phenoxy) is 1. The van der Waals surface area contributed by atoms with Gasteiger partial charge in [0.25, 0.3) is 5.56 Å². The summed E-state index contributed by atoms with van der Waals surface area (Å²) < 4.78 is 6.84. The van der Waals surface area contributed by atoms with E-state index in [9.17, 15) is 9.59 Å². The number of aryl methyl sites for hydroxylation is 1. The molecule has 0 bridgehead atoms. The third kappa shape index (κ3) is 4.55. The van der Waals surface area contributed by atoms with Crippen molar-refractivity contribution in [3.63, 3.8) is 0 Å². The highest BCUT2D eigenvalue weighted by molar-refractivity contribution is 7.16. The van der Waals surface area contributed by atoms with Gasteiger partial charge < -0.3 is 10.1 Å². The van der Waals surface area contributed by atoms with Crippen LogP contribution in [0.25, 0.3) is 10.2 Å². The Balaban J connectivity index is 1.45. The van der Waals surface area contributed by atoms with Gasteiger partial charge in [-0.25, -0.2) is 4.98 Å². The lowest BCUT2D eigenvalue weighted by atomic mass is 10.0. The van der Waals surface area contributed by atoms with Gasteiger partial charge in [-0.3, -0.25) is 19.1 Å². The van der Waals surface area contributed by atoms with Crippen LogP contribution in [0, 0.1) is 6.92 Å². The molecule has 1 amide bonds. The molecule has 0 unspecified atom stereocenters. The summed E-state index contributed by atoms with van der Waals surface area (Å²) in [5, 5.41) is 5.39. The molecule has 1 aromatic carbocycles. The highest BCUT2D eigenvalue weighted by atomic mass is 32.1. The van der Waals surface area contributed by atoms with E-state index in [2.05, 4.69) is 46.4 Å². The number of nitrogens with zero attached hydrogens (tertiary/aromatic N) is 3. The molecule has 1 atom stereocenters. The van der Waals surface area contributed by atoms with E-state index >= 15 is 0 Å². The second kappa shape index (κ2) is 8.86. The van der Waals surface area contributed by atoms with E-state index in [-0.39, 0.29) is 24.1 Å². The van der Waals surface area contributed by atoms with Crippen LogP contribution in [0.15, 0.2) is 46.8 Å². The van der Waals surface area contributed by atoms with Gasteiger partial charge in [0.1, 0.15) is 11.4 Å². The number of fused-ring (bicyclic) bond motifs is 1. The highest BCUT2D eigenvalue weighted by Gasteiger charge is 2.23. The first-order valence-electron chi connectivity index (χ1n) is 9.69. The number of morpholine rings is 1. The van der Waals surface area contributed by atoms with Gasteiger partial charge >= 0.3 is 0 Å². The van der Waals surface area contributed by atoms with Crippen molar-refractivity contribution in [2.75, 3.05) is 32.8 Å². The van der Waals surface area contributed by atoms with Crippen LogP contribution < -0.4 is 10.9 Å². The summed E-state index contributed by atoms with van der Waals surface area (Å²) in [5.74, 6) is -0.200. The van der Waals surface area contributed by atoms with Crippen molar-refractivity contribution in [2.24, 2.45) is 0 Å². The Morgan fingerprint density at radius 2 is 2.00 bits per heavy atom. The van der Waals surface area contributed by atoms with Gasteiger partial charge in [-0.1, -0.05) is 29.8 Å². The predicted molar refractivity (Wildman–Crippen MR) is 113 cm³/mol. The largest absolute Gasteiger partial charge is 0.379 e. The number of aromatic nitrogens is 2. The Bertz CT molecular complexity index is 1040. The molecule has 0 radical (unpaired) electrons. The molecule has 1 aliphatic heterocycles. The molecule has 0 spiro atoms. The zero-order chi connectivity index (χ0) is 20.2. The van der Waals surface area contributed by atoms with E-state index in [0.717, 1.165) is 18.7 Å². The maximum absolute atomic E-state index is 12.6. The molecule has 3 aromatic rings. The van der Waals surface area contributed by atoms with Crippen LogP contribution in [-0.4, -0.2) is 53.2 Å². The normalized spacial score (nSPS) is 16.0. The second-order valence-corrected chi connectivity index (χ2v) is 8.09. The van der Waals surface area contributed by atoms with Crippen LogP contribution in [0.5, 0.6) is 0 Å². The summed E-state index contributed by atoms with van der Waals surface area (Å²) in [6.45, 7) is 5.53. The maximum atomic E-state index is 12.6. The molecular weight excluding hydrogens is 388 g/mol. The molecule has 4 rings (SSSR count). The summed E-state index contributed by atoms with van der Waals surface area (Å²) in [6.07, 6.45) is 1.44. The number of nitrogens with one attached hydrogen (secondary N) is 1. The standard InChI is InChI=1S/C21H24N4O3S/c1-15-2-4-16(5-3-15)18(24-7-9-28-10-8-24)12-22-19(26)13-25-14-23-20-17(21(25)27)6-11-29-20/h2-6,11,14,18H,7-10,12-13H2,1H3,(H,22,26)/t18-/m0/s1. The van der Waals surface area contributed by atoms with Crippen molar-refractivity contribution in [3.05, 3.63) is 63.5 Å². The third-order valence-corrected chi connectivity index (χ3v) is 6.03. The fourth-order valence-corrected chi connectivity index (χ4v) is 4.29. The van der Waals surface area contributed by atoms with Crippen LogP contribution in [0.3, 0.4) is 0 Å². The summed E-state index contributed by atoms with van der Waals surface area (Å²) in [5.41, 5.74) is 2.18. The Kier molecular flexibility index (Phi) is 6.03. The first kappa shape index (κ1) is 19.8. The lowest BCUT2D eigenvalue weighted by molar-refractivity contribution is -0.122. The smallest absolute Gasteiger partial charge is 0.262 e. The quantitative estimate of drug-likeness (QED) is 0.670. The Morgan fingerprint density at radius 1 is 1.24 bits per heavy atom. The molecule has 7 nitrogen and oxygen atoms in total. The minimum atomic E-state index is -0.200. The molecule has 1 fully saturated rings. The minimum Gasteiger partial charge on any atom is -0.379 e. The zero-order valence-corrected chi connectivity index (χ0v) is 17.2. The van der Waals surface area contributed by atoms with Crippen LogP contribution in [0.1, 0.15) is 17.2 Å². The molecule has 0 aliphatic carbocycles. The van der Waals surface area contributed by atoms with Crippen molar-refractivity contribution in [2.45, 2.75) is 19.5 Å². The Labute approximate surface area is 172 Å². The number of benzene rings is 1. The van der Waals surface area contributed by atoms with E-state index in [1.54, 1.807) is 6.07 Å². The SMILES string of the molecule is Cc1ccc([C@H](CNC(=O)Cn2cnc3sccc3c2=O)N2CCOCC2)cc1. The van der Waals surface area contributed by atoms with Crippen molar-refractivity contribution in [1.82, 2.24) is 19.8 Å². The van der Waals surface area contributed by atoms with Gasteiger partial charge in [0, 0.05) is 19.6 Å². The number of hydrogen-bond acceptors (Lipinski definition) is 6. The van der Waals surface area contributed by atoms with Crippen LogP contribution >= 0.6 is 11.3 Å². The first-order chi connectivity index (χ1) is 14.1. The van der Waals surface area contributed by atoms with Crippen molar-refractivity contribution >= 4 is 27.5 Å². The fourth-order valence-electron chi connectivity index (χ4n) is 3.56. The lowest BCUT2D eigenvalue weighted by Gasteiger charge is -2.35. The second-order valence-electron chi connectivity index (χ2n) is 7.20. The number of rotatable bonds is 6. The average Bonchev–Trinajstić information content (AvgIpc) is 3.22. The van der Waals surface area contributed by atoms with Crippen LogP contribution in [0.2, 0.25) is 0 Å². The molecule has 2 aromatic heterocycles. The minimum absolute atomic E-state index is 0.0403. The number of carbonyl (C=O) groups is 1. The van der Waals surface area contributed by atoms with E-state index in [1.807, 2.05) is 5.38 Å². The first-order valence-corrected chi connectivity index (χ1v) is 10.6. The summed E-state index contributed by atoms with van der Waals surface area (Å²) in [7, 11) is 0. The fraction of sp³-hybridized carbons (Fsp3) is 0.381. The van der Waals surface area contributed by atoms with E-state index in [4.69, 9.17) is 4.74 Å². The zero-order valence-electron chi connectivity index (χ0n) is 16.3. The number of carbonyl (C=O) groups excluding carboxylic acids is 1. The van der Waals surface area contributed by atoms with Crippen molar-refractivity contribution in [1.29, 1.82) is 0 Å². The number of hydrogen-bond donors (Lipinski definition) is 1. The van der Waals surface area contributed by atoms with Gasteiger partial charge in [0.15, 0.2) is 0 Å². The Morgan fingerprint density at radius 3 is 2.76 bits per heavy atom. The molecular formula is C21H24N4O3S. The predicted octanol–water partition coefficient (Wildman–Crippen LogP) is 1.96. The molecule has 152 valence electrons. The summed E-state index contributed by atoms with van der Waals surface area (Å²) in [6, 6.07) is 10.2. The van der Waals surface area contributed by atoms with Gasteiger partial charge in [0.2, 0.25) is 5.91 Å². The average molecular weight is 413 g/mol. The molecule has 1 saturated heterocycles. The molecule has 29 heavy (non-hydrogen) atoms. The van der Waals surface area contributed by atoms with E-state index < -0.39 is 0 Å². The number of amides is 1. The van der Waals surface area contributed by atoms with Gasteiger partial charge in [-0.15, -0.1) is 11.3 Å². The number of thiophene rings is 1. The van der Waals surface area contributed by atoms with Gasteiger partial charge in [0.05, 0.1) is 31.0 Å². The molecule has 8 heteroatoms. The van der Waals surface area contributed by atoms with E-state index in [1.165, 1.54) is 27.8 Å². The molecule has 1 N–H and O–H groups in total. The monoisotopic (exact) mass is 412 g/mol. The molecule has 3 heterocycles.